The van der Waals surface area contributed by atoms with E-state index in [0.717, 1.165) is 35.5 Å². The van der Waals surface area contributed by atoms with Crippen molar-refractivity contribution in [1.82, 2.24) is 9.88 Å². The molecule has 120 valence electrons. The minimum atomic E-state index is 0.119. The Labute approximate surface area is 142 Å². The highest BCUT2D eigenvalue weighted by atomic mass is 32.2. The van der Waals surface area contributed by atoms with Crippen molar-refractivity contribution >= 4 is 17.7 Å². The van der Waals surface area contributed by atoms with Crippen molar-refractivity contribution in [2.24, 2.45) is 0 Å². The molecular formula is C19H22N2OS. The fourth-order valence-electron chi connectivity index (χ4n) is 3.00. The Morgan fingerprint density at radius 1 is 1.22 bits per heavy atom. The van der Waals surface area contributed by atoms with Crippen LogP contribution in [0.15, 0.2) is 53.7 Å². The number of hydrogen-bond acceptors (Lipinski definition) is 3. The van der Waals surface area contributed by atoms with Gasteiger partial charge in [0.2, 0.25) is 0 Å². The zero-order chi connectivity index (χ0) is 16.2. The predicted octanol–water partition coefficient (Wildman–Crippen LogP) is 4.56. The molecule has 1 aromatic heterocycles. The molecule has 0 saturated carbocycles. The number of rotatable bonds is 4. The third-order valence-corrected chi connectivity index (χ3v) is 4.99. The minimum Gasteiger partial charge on any atom is -0.332 e. The second kappa shape index (κ2) is 7.18. The molecule has 23 heavy (non-hydrogen) atoms. The molecule has 3 nitrogen and oxygen atoms in total. The SMILES string of the molecule is CC(C)Sc1ccc(C2CCCN2C(=O)c2ccccc2)cn1. The predicted molar refractivity (Wildman–Crippen MR) is 94.7 cm³/mol. The van der Waals surface area contributed by atoms with Crippen LogP contribution in [0.4, 0.5) is 0 Å². The molecule has 1 atom stereocenters. The standard InChI is InChI=1S/C19H22N2OS/c1-14(2)23-18-11-10-16(13-20-18)17-9-6-12-21(17)19(22)15-7-4-3-5-8-15/h3-5,7-8,10-11,13-14,17H,6,9,12H2,1-2H3. The van der Waals surface area contributed by atoms with E-state index in [9.17, 15) is 4.79 Å². The Morgan fingerprint density at radius 2 is 2.00 bits per heavy atom. The summed E-state index contributed by atoms with van der Waals surface area (Å²) in [5, 5.41) is 1.57. The second-order valence-corrected chi connectivity index (χ2v) is 7.72. The van der Waals surface area contributed by atoms with Crippen LogP contribution in [-0.4, -0.2) is 27.6 Å². The number of carbonyl (C=O) groups is 1. The van der Waals surface area contributed by atoms with Gasteiger partial charge in [-0.2, -0.15) is 0 Å². The molecule has 0 aliphatic carbocycles. The number of aromatic nitrogens is 1. The fourth-order valence-corrected chi connectivity index (χ4v) is 3.75. The van der Waals surface area contributed by atoms with Crippen LogP contribution in [0.3, 0.4) is 0 Å². The summed E-state index contributed by atoms with van der Waals surface area (Å²) in [5.74, 6) is 0.119. The number of pyridine rings is 1. The van der Waals surface area contributed by atoms with Gasteiger partial charge in [0.25, 0.3) is 5.91 Å². The molecule has 1 aromatic carbocycles. The fraction of sp³-hybridized carbons (Fsp3) is 0.368. The quantitative estimate of drug-likeness (QED) is 0.772. The van der Waals surface area contributed by atoms with Crippen LogP contribution in [0.25, 0.3) is 0 Å². The van der Waals surface area contributed by atoms with Gasteiger partial charge in [-0.15, -0.1) is 11.8 Å². The van der Waals surface area contributed by atoms with Gasteiger partial charge in [-0.1, -0.05) is 38.1 Å². The molecule has 1 unspecified atom stereocenters. The van der Waals surface area contributed by atoms with Crippen molar-refractivity contribution in [1.29, 1.82) is 0 Å². The summed E-state index contributed by atoms with van der Waals surface area (Å²) in [6, 6.07) is 13.9. The lowest BCUT2D eigenvalue weighted by Crippen LogP contribution is -2.30. The maximum absolute atomic E-state index is 12.7. The highest BCUT2D eigenvalue weighted by Gasteiger charge is 2.30. The van der Waals surface area contributed by atoms with Gasteiger partial charge < -0.3 is 4.90 Å². The Kier molecular flexibility index (Phi) is 5.01. The number of carbonyl (C=O) groups excluding carboxylic acids is 1. The van der Waals surface area contributed by atoms with E-state index in [4.69, 9.17) is 0 Å². The van der Waals surface area contributed by atoms with Crippen molar-refractivity contribution in [3.05, 3.63) is 59.8 Å². The van der Waals surface area contributed by atoms with E-state index in [1.807, 2.05) is 41.4 Å². The van der Waals surface area contributed by atoms with Gasteiger partial charge in [0.05, 0.1) is 11.1 Å². The number of benzene rings is 1. The molecular weight excluding hydrogens is 304 g/mol. The smallest absolute Gasteiger partial charge is 0.254 e. The third-order valence-electron chi connectivity index (χ3n) is 4.03. The first-order chi connectivity index (χ1) is 11.1. The van der Waals surface area contributed by atoms with E-state index in [1.54, 1.807) is 11.8 Å². The van der Waals surface area contributed by atoms with E-state index in [1.165, 1.54) is 0 Å². The highest BCUT2D eigenvalue weighted by Crippen LogP contribution is 2.33. The largest absolute Gasteiger partial charge is 0.332 e. The molecule has 1 fully saturated rings. The maximum atomic E-state index is 12.7. The first kappa shape index (κ1) is 16.1. The summed E-state index contributed by atoms with van der Waals surface area (Å²) in [6.45, 7) is 5.15. The lowest BCUT2D eigenvalue weighted by molar-refractivity contribution is 0.0735. The van der Waals surface area contributed by atoms with Gasteiger partial charge in [0.15, 0.2) is 0 Å². The molecule has 0 spiro atoms. The van der Waals surface area contributed by atoms with Crippen molar-refractivity contribution in [3.8, 4) is 0 Å². The Balaban J connectivity index is 1.77. The van der Waals surface area contributed by atoms with Crippen LogP contribution < -0.4 is 0 Å². The molecule has 2 aromatic rings. The van der Waals surface area contributed by atoms with Crippen LogP contribution in [0.1, 0.15) is 48.7 Å². The minimum absolute atomic E-state index is 0.119. The summed E-state index contributed by atoms with van der Waals surface area (Å²) in [5.41, 5.74) is 1.90. The molecule has 3 rings (SSSR count). The normalized spacial score (nSPS) is 17.7. The number of amides is 1. The molecule has 0 radical (unpaired) electrons. The van der Waals surface area contributed by atoms with Crippen LogP contribution in [-0.2, 0) is 0 Å². The van der Waals surface area contributed by atoms with Crippen molar-refractivity contribution in [3.63, 3.8) is 0 Å². The topological polar surface area (TPSA) is 33.2 Å². The van der Waals surface area contributed by atoms with Crippen LogP contribution in [0, 0.1) is 0 Å². The van der Waals surface area contributed by atoms with Gasteiger partial charge >= 0.3 is 0 Å². The van der Waals surface area contributed by atoms with Crippen LogP contribution in [0.2, 0.25) is 0 Å². The summed E-state index contributed by atoms with van der Waals surface area (Å²) in [4.78, 5) is 19.3. The molecule has 1 amide bonds. The molecule has 4 heteroatoms. The highest BCUT2D eigenvalue weighted by molar-refractivity contribution is 7.99. The van der Waals surface area contributed by atoms with Crippen molar-refractivity contribution in [2.75, 3.05) is 6.54 Å². The molecule has 1 saturated heterocycles. The maximum Gasteiger partial charge on any atom is 0.254 e. The van der Waals surface area contributed by atoms with E-state index < -0.39 is 0 Å². The van der Waals surface area contributed by atoms with Gasteiger partial charge in [-0.25, -0.2) is 4.98 Å². The summed E-state index contributed by atoms with van der Waals surface area (Å²) in [7, 11) is 0. The number of hydrogen-bond donors (Lipinski definition) is 0. The summed E-state index contributed by atoms with van der Waals surface area (Å²) in [6.07, 6.45) is 3.99. The summed E-state index contributed by atoms with van der Waals surface area (Å²) < 4.78 is 0. The molecule has 1 aliphatic heterocycles. The van der Waals surface area contributed by atoms with Crippen molar-refractivity contribution < 1.29 is 4.79 Å². The van der Waals surface area contributed by atoms with E-state index >= 15 is 0 Å². The third kappa shape index (κ3) is 3.75. The molecule has 0 bridgehead atoms. The zero-order valence-electron chi connectivity index (χ0n) is 13.6. The van der Waals surface area contributed by atoms with E-state index in [0.29, 0.717) is 5.25 Å². The monoisotopic (exact) mass is 326 g/mol. The van der Waals surface area contributed by atoms with Gasteiger partial charge in [0.1, 0.15) is 0 Å². The molecule has 0 N–H and O–H groups in total. The van der Waals surface area contributed by atoms with Gasteiger partial charge in [-0.3, -0.25) is 4.79 Å². The first-order valence-corrected chi connectivity index (χ1v) is 9.02. The number of likely N-dealkylation sites (tertiary alicyclic amines) is 1. The zero-order valence-corrected chi connectivity index (χ0v) is 14.4. The Bertz CT molecular complexity index is 655. The van der Waals surface area contributed by atoms with Gasteiger partial charge in [-0.05, 0) is 36.6 Å². The number of nitrogens with zero attached hydrogens (tertiary/aromatic N) is 2. The Hall–Kier alpha value is -1.81. The number of thioether (sulfide) groups is 1. The van der Waals surface area contributed by atoms with Gasteiger partial charge in [0, 0.05) is 23.6 Å². The average molecular weight is 326 g/mol. The molecule has 2 heterocycles. The summed E-state index contributed by atoms with van der Waals surface area (Å²) >= 11 is 1.76. The average Bonchev–Trinajstić information content (AvgIpc) is 3.05. The van der Waals surface area contributed by atoms with E-state index in [2.05, 4.69) is 31.0 Å². The lowest BCUT2D eigenvalue weighted by atomic mass is 10.1. The Morgan fingerprint density at radius 3 is 2.65 bits per heavy atom. The second-order valence-electron chi connectivity index (χ2n) is 6.12. The van der Waals surface area contributed by atoms with Crippen LogP contribution in [0.5, 0.6) is 0 Å². The lowest BCUT2D eigenvalue weighted by Gasteiger charge is -2.25. The first-order valence-electron chi connectivity index (χ1n) is 8.14. The molecule has 1 aliphatic rings. The van der Waals surface area contributed by atoms with Crippen LogP contribution >= 0.6 is 11.8 Å². The van der Waals surface area contributed by atoms with E-state index in [-0.39, 0.29) is 11.9 Å². The van der Waals surface area contributed by atoms with Crippen molar-refractivity contribution in [2.45, 2.75) is 43.0 Å².